The number of ether oxygens (including phenoxy) is 2. The van der Waals surface area contributed by atoms with E-state index in [1.807, 2.05) is 6.08 Å². The fourth-order valence-electron chi connectivity index (χ4n) is 8.25. The number of carbonyl (C=O) groups excluding carboxylic acids is 1. The second kappa shape index (κ2) is 53.5. The van der Waals surface area contributed by atoms with Crippen LogP contribution in [-0.2, 0) is 14.3 Å². The second-order valence-corrected chi connectivity index (χ2v) is 19.7. The van der Waals surface area contributed by atoms with E-state index in [4.69, 9.17) is 9.47 Å². The lowest BCUT2D eigenvalue weighted by molar-refractivity contribution is -0.302. The smallest absolute Gasteiger partial charge is 0.220 e. The largest absolute Gasteiger partial charge is 0.394 e. The van der Waals surface area contributed by atoms with Gasteiger partial charge in [0.25, 0.3) is 0 Å². The van der Waals surface area contributed by atoms with E-state index in [-0.39, 0.29) is 12.5 Å². The number of aliphatic hydroxyl groups is 5. The normalized spacial score (nSPS) is 20.0. The fourth-order valence-corrected chi connectivity index (χ4v) is 8.25. The molecule has 9 nitrogen and oxygen atoms in total. The van der Waals surface area contributed by atoms with Gasteiger partial charge in [-0.25, -0.2) is 0 Å². The Hall–Kier alpha value is -3.93. The zero-order valence-corrected chi connectivity index (χ0v) is 47.0. The van der Waals surface area contributed by atoms with Gasteiger partial charge in [0, 0.05) is 6.42 Å². The standard InChI is InChI=1S/C66H107NO8/c1-3-5-7-9-11-13-15-16-17-18-19-20-21-22-23-24-25-26-27-28-29-30-31-32-33-34-35-36-37-38-39-40-41-42-43-44-46-48-50-52-54-56-62(70)67-59(58-74-66-65(73)64(72)63(71)61(57-68)75-66)60(69)55-53-51-49-47-45-14-12-10-8-6-4-2/h5,7-8,10-11,13,16-17,19-20,22-23,25-26,28-29,31-32,34-35,45,47,53,55,59-61,63-66,68-69,71-73H,3-4,6,9,12,14-15,18,21,24,27,30,33,36-44,46,48-52,54,56-58H2,1-2H3,(H,67,70)/b7-5-,10-8+,13-11-,17-16-,20-19-,23-22-,26-25-,29-28-,32-31-,35-34-,47-45+,55-53+. The molecule has 0 aliphatic carbocycles. The van der Waals surface area contributed by atoms with Crippen molar-refractivity contribution in [3.63, 3.8) is 0 Å². The van der Waals surface area contributed by atoms with Crippen molar-refractivity contribution >= 4 is 5.91 Å². The lowest BCUT2D eigenvalue weighted by Gasteiger charge is -2.40. The minimum absolute atomic E-state index is 0.201. The first-order chi connectivity index (χ1) is 36.8. The third-order valence-corrected chi connectivity index (χ3v) is 12.9. The van der Waals surface area contributed by atoms with Crippen molar-refractivity contribution in [3.05, 3.63) is 146 Å². The van der Waals surface area contributed by atoms with Crippen LogP contribution in [0, 0.1) is 0 Å². The van der Waals surface area contributed by atoms with Crippen molar-refractivity contribution in [3.8, 4) is 0 Å². The fraction of sp³-hybridized carbons (Fsp3) is 0.621. The number of aliphatic hydroxyl groups excluding tert-OH is 5. The molecule has 0 aromatic rings. The number of nitrogens with one attached hydrogen (secondary N) is 1. The third kappa shape index (κ3) is 42.8. The minimum Gasteiger partial charge on any atom is -0.394 e. The van der Waals surface area contributed by atoms with Gasteiger partial charge in [-0.1, -0.05) is 237 Å². The molecule has 0 bridgehead atoms. The van der Waals surface area contributed by atoms with Crippen molar-refractivity contribution in [2.45, 2.75) is 249 Å². The average molecular weight is 1040 g/mol. The van der Waals surface area contributed by atoms with E-state index < -0.39 is 49.5 Å². The van der Waals surface area contributed by atoms with Gasteiger partial charge in [0.1, 0.15) is 24.4 Å². The zero-order valence-electron chi connectivity index (χ0n) is 47.0. The number of amides is 1. The average Bonchev–Trinajstić information content (AvgIpc) is 3.41. The first-order valence-corrected chi connectivity index (χ1v) is 29.6. The van der Waals surface area contributed by atoms with Crippen molar-refractivity contribution in [1.82, 2.24) is 5.32 Å². The molecule has 1 amide bonds. The molecule has 1 aliphatic heterocycles. The lowest BCUT2D eigenvalue weighted by Crippen LogP contribution is -2.60. The number of hydrogen-bond donors (Lipinski definition) is 6. The van der Waals surface area contributed by atoms with E-state index in [1.54, 1.807) is 6.08 Å². The maximum absolute atomic E-state index is 13.0. The van der Waals surface area contributed by atoms with E-state index in [9.17, 15) is 30.3 Å². The Balaban J connectivity index is 2.10. The Morgan fingerprint density at radius 2 is 0.840 bits per heavy atom. The molecule has 9 heteroatoms. The van der Waals surface area contributed by atoms with Gasteiger partial charge in [0.2, 0.25) is 5.91 Å². The molecule has 1 heterocycles. The van der Waals surface area contributed by atoms with Crippen LogP contribution in [0.2, 0.25) is 0 Å². The summed E-state index contributed by atoms with van der Waals surface area (Å²) >= 11 is 0. The maximum atomic E-state index is 13.0. The van der Waals surface area contributed by atoms with E-state index in [2.05, 4.69) is 153 Å². The van der Waals surface area contributed by atoms with Gasteiger partial charge < -0.3 is 40.3 Å². The molecule has 1 rings (SSSR count). The molecule has 7 unspecified atom stereocenters. The second-order valence-electron chi connectivity index (χ2n) is 19.7. The summed E-state index contributed by atoms with van der Waals surface area (Å²) < 4.78 is 11.2. The summed E-state index contributed by atoms with van der Waals surface area (Å²) in [6.07, 6.45) is 76.5. The molecule has 1 saturated heterocycles. The van der Waals surface area contributed by atoms with Gasteiger partial charge in [-0.2, -0.15) is 0 Å². The van der Waals surface area contributed by atoms with Crippen molar-refractivity contribution < 1.29 is 39.8 Å². The zero-order chi connectivity index (χ0) is 54.3. The molecule has 0 spiro atoms. The molecule has 1 fully saturated rings. The Labute approximate surface area is 457 Å². The summed E-state index contributed by atoms with van der Waals surface area (Å²) in [7, 11) is 0. The molecule has 0 saturated carbocycles. The first-order valence-electron chi connectivity index (χ1n) is 29.6. The quantitative estimate of drug-likeness (QED) is 0.0261. The number of unbranched alkanes of at least 4 members (excludes halogenated alkanes) is 16. The van der Waals surface area contributed by atoms with E-state index in [0.717, 1.165) is 122 Å². The van der Waals surface area contributed by atoms with E-state index >= 15 is 0 Å². The van der Waals surface area contributed by atoms with Crippen LogP contribution in [0.5, 0.6) is 0 Å². The molecule has 7 atom stereocenters. The van der Waals surface area contributed by atoms with Gasteiger partial charge >= 0.3 is 0 Å². The van der Waals surface area contributed by atoms with Crippen LogP contribution >= 0.6 is 0 Å². The van der Waals surface area contributed by atoms with Gasteiger partial charge in [0.05, 0.1) is 25.4 Å². The number of rotatable bonds is 48. The SMILES string of the molecule is CC/C=C\C/C=C\C/C=C\C/C=C\C/C=C\C/C=C\C/C=C\C/C=C\C/C=C\CCCCCCCCCCCCCCCC(=O)NC(COC1OC(CO)C(O)C(O)C1O)C(O)/C=C/CC/C=C/CC/C=C/CCC. The Morgan fingerprint density at radius 1 is 0.467 bits per heavy atom. The number of hydrogen-bond acceptors (Lipinski definition) is 8. The summed E-state index contributed by atoms with van der Waals surface area (Å²) in [5, 5.41) is 54.3. The van der Waals surface area contributed by atoms with Gasteiger partial charge in [-0.15, -0.1) is 0 Å². The Bertz CT molecular complexity index is 1680. The highest BCUT2D eigenvalue weighted by Crippen LogP contribution is 2.23. The Kier molecular flexibility index (Phi) is 49.2. The number of allylic oxidation sites excluding steroid dienone is 23. The van der Waals surface area contributed by atoms with Crippen molar-refractivity contribution in [2.24, 2.45) is 0 Å². The Morgan fingerprint density at radius 3 is 1.27 bits per heavy atom. The van der Waals surface area contributed by atoms with Crippen molar-refractivity contribution in [2.75, 3.05) is 13.2 Å². The topological polar surface area (TPSA) is 149 Å². The molecular formula is C66H107NO8. The summed E-state index contributed by atoms with van der Waals surface area (Å²) in [4.78, 5) is 13.0. The summed E-state index contributed by atoms with van der Waals surface area (Å²) in [6.45, 7) is 3.54. The van der Waals surface area contributed by atoms with Crippen LogP contribution in [0.25, 0.3) is 0 Å². The third-order valence-electron chi connectivity index (χ3n) is 12.9. The van der Waals surface area contributed by atoms with E-state index in [0.29, 0.717) is 6.42 Å². The molecule has 0 aromatic heterocycles. The minimum atomic E-state index is -1.58. The predicted octanol–water partition coefficient (Wildman–Crippen LogP) is 15.1. The van der Waals surface area contributed by atoms with Crippen molar-refractivity contribution in [1.29, 1.82) is 0 Å². The highest BCUT2D eigenvalue weighted by molar-refractivity contribution is 5.76. The molecule has 0 radical (unpaired) electrons. The molecule has 75 heavy (non-hydrogen) atoms. The van der Waals surface area contributed by atoms with Gasteiger partial charge in [-0.3, -0.25) is 4.79 Å². The van der Waals surface area contributed by atoms with Gasteiger partial charge in [-0.05, 0) is 109 Å². The number of carbonyl (C=O) groups is 1. The summed E-state index contributed by atoms with van der Waals surface area (Å²) in [5.41, 5.74) is 0. The summed E-state index contributed by atoms with van der Waals surface area (Å²) in [6, 6.07) is -0.836. The van der Waals surface area contributed by atoms with Crippen LogP contribution in [0.1, 0.15) is 206 Å². The molecule has 424 valence electrons. The van der Waals surface area contributed by atoms with Crippen LogP contribution in [-0.4, -0.2) is 87.5 Å². The highest BCUT2D eigenvalue weighted by atomic mass is 16.7. The predicted molar refractivity (Wildman–Crippen MR) is 317 cm³/mol. The molecular weight excluding hydrogens is 935 g/mol. The maximum Gasteiger partial charge on any atom is 0.220 e. The van der Waals surface area contributed by atoms with Gasteiger partial charge in [0.15, 0.2) is 6.29 Å². The monoisotopic (exact) mass is 1040 g/mol. The van der Waals surface area contributed by atoms with Crippen LogP contribution in [0.3, 0.4) is 0 Å². The molecule has 0 aromatic carbocycles. The van der Waals surface area contributed by atoms with Crippen LogP contribution in [0.15, 0.2) is 146 Å². The van der Waals surface area contributed by atoms with E-state index in [1.165, 1.54) is 64.2 Å². The first kappa shape index (κ1) is 69.1. The van der Waals surface area contributed by atoms with Crippen LogP contribution in [0.4, 0.5) is 0 Å². The lowest BCUT2D eigenvalue weighted by atomic mass is 9.99. The summed E-state index contributed by atoms with van der Waals surface area (Å²) in [5.74, 6) is -0.201. The molecule has 1 aliphatic rings. The molecule has 6 N–H and O–H groups in total. The highest BCUT2D eigenvalue weighted by Gasteiger charge is 2.44. The van der Waals surface area contributed by atoms with Crippen LogP contribution < -0.4 is 5.32 Å².